The lowest BCUT2D eigenvalue weighted by Gasteiger charge is -2.15. The topological polar surface area (TPSA) is 74.4 Å². The van der Waals surface area contributed by atoms with Gasteiger partial charge in [0.05, 0.1) is 18.5 Å². The lowest BCUT2D eigenvalue weighted by molar-refractivity contribution is 0.415. The third kappa shape index (κ3) is 7.97. The van der Waals surface area contributed by atoms with Crippen LogP contribution in [0.5, 0.6) is 17.2 Å². The van der Waals surface area contributed by atoms with E-state index in [2.05, 4.69) is 67.5 Å². The van der Waals surface area contributed by atoms with Crippen LogP contribution in [0.3, 0.4) is 0 Å². The minimum absolute atomic E-state index is 0.186. The SMILES string of the molecule is COc1ccc(N=Cc2cc(CC(C)C)cc(C(C)C)c2O)c(N=Cc2cc(CC(C)C)cc(C(C)C)c2O)c1. The molecule has 0 aliphatic heterocycles. The summed E-state index contributed by atoms with van der Waals surface area (Å²) in [7, 11) is 1.62. The first kappa shape index (κ1) is 30.9. The molecule has 0 bridgehead atoms. The Morgan fingerprint density at radius 2 is 1.10 bits per heavy atom. The van der Waals surface area contributed by atoms with E-state index in [0.29, 0.717) is 40.1 Å². The van der Waals surface area contributed by atoms with Gasteiger partial charge in [0.15, 0.2) is 0 Å². The Morgan fingerprint density at radius 1 is 0.650 bits per heavy atom. The van der Waals surface area contributed by atoms with Crippen molar-refractivity contribution < 1.29 is 14.9 Å². The van der Waals surface area contributed by atoms with Crippen molar-refractivity contribution in [3.8, 4) is 17.2 Å². The van der Waals surface area contributed by atoms with Gasteiger partial charge in [-0.2, -0.15) is 0 Å². The molecule has 3 aromatic rings. The predicted octanol–water partition coefficient (Wildman–Crippen LogP) is 9.25. The van der Waals surface area contributed by atoms with Gasteiger partial charge in [-0.25, -0.2) is 0 Å². The fraction of sp³-hybridized carbons (Fsp3) is 0.429. The maximum atomic E-state index is 11.0. The van der Waals surface area contributed by atoms with Crippen LogP contribution in [0.1, 0.15) is 101 Å². The summed E-state index contributed by atoms with van der Waals surface area (Å²) in [5.41, 5.74) is 6.82. The Kier molecular flexibility index (Phi) is 10.6. The molecule has 0 aliphatic rings. The molecule has 5 heteroatoms. The Morgan fingerprint density at radius 3 is 1.50 bits per heavy atom. The first-order valence-corrected chi connectivity index (χ1v) is 14.4. The van der Waals surface area contributed by atoms with Crippen LogP contribution in [0.15, 0.2) is 52.4 Å². The Hall–Kier alpha value is -3.60. The monoisotopic (exact) mass is 542 g/mol. The normalized spacial score (nSPS) is 12.2. The first-order chi connectivity index (χ1) is 18.9. The minimum Gasteiger partial charge on any atom is -0.507 e. The molecular formula is C35H46N2O3. The molecule has 0 heterocycles. The van der Waals surface area contributed by atoms with Crippen molar-refractivity contribution in [2.75, 3.05) is 7.11 Å². The second-order valence-corrected chi connectivity index (χ2v) is 12.1. The van der Waals surface area contributed by atoms with Crippen molar-refractivity contribution >= 4 is 23.8 Å². The number of rotatable bonds is 11. The summed E-state index contributed by atoms with van der Waals surface area (Å²) in [4.78, 5) is 9.52. The van der Waals surface area contributed by atoms with Gasteiger partial charge >= 0.3 is 0 Å². The van der Waals surface area contributed by atoms with E-state index in [1.807, 2.05) is 30.3 Å². The Bertz CT molecular complexity index is 1370. The van der Waals surface area contributed by atoms with Gasteiger partial charge in [-0.1, -0.05) is 67.5 Å². The largest absolute Gasteiger partial charge is 0.507 e. The van der Waals surface area contributed by atoms with Gasteiger partial charge < -0.3 is 14.9 Å². The van der Waals surface area contributed by atoms with Crippen LogP contribution in [-0.4, -0.2) is 29.8 Å². The van der Waals surface area contributed by atoms with E-state index in [4.69, 9.17) is 14.7 Å². The van der Waals surface area contributed by atoms with E-state index in [9.17, 15) is 10.2 Å². The zero-order valence-electron chi connectivity index (χ0n) is 25.6. The van der Waals surface area contributed by atoms with E-state index < -0.39 is 0 Å². The molecule has 0 amide bonds. The van der Waals surface area contributed by atoms with Gasteiger partial charge in [0.2, 0.25) is 0 Å². The van der Waals surface area contributed by atoms with Crippen LogP contribution in [0, 0.1) is 11.8 Å². The molecule has 0 aromatic heterocycles. The van der Waals surface area contributed by atoms with Crippen LogP contribution in [0.25, 0.3) is 0 Å². The highest BCUT2D eigenvalue weighted by Crippen LogP contribution is 2.36. The van der Waals surface area contributed by atoms with Gasteiger partial charge in [-0.05, 0) is 83.0 Å². The number of phenolic OH excluding ortho intramolecular Hbond substituents is 2. The molecule has 0 radical (unpaired) electrons. The molecule has 0 saturated carbocycles. The molecule has 0 aliphatic carbocycles. The number of hydrogen-bond donors (Lipinski definition) is 2. The summed E-state index contributed by atoms with van der Waals surface area (Å²) < 4.78 is 5.46. The number of ether oxygens (including phenoxy) is 1. The Labute approximate surface area is 240 Å². The summed E-state index contributed by atoms with van der Waals surface area (Å²) in [6.45, 7) is 17.1. The molecule has 3 aromatic carbocycles. The van der Waals surface area contributed by atoms with Crippen LogP contribution in [-0.2, 0) is 12.8 Å². The third-order valence-corrected chi connectivity index (χ3v) is 6.86. The van der Waals surface area contributed by atoms with E-state index in [-0.39, 0.29) is 23.3 Å². The van der Waals surface area contributed by atoms with E-state index in [1.165, 1.54) is 11.1 Å². The number of phenols is 2. The zero-order valence-corrected chi connectivity index (χ0v) is 25.6. The summed E-state index contributed by atoms with van der Waals surface area (Å²) in [6, 6.07) is 13.8. The van der Waals surface area contributed by atoms with E-state index in [1.54, 1.807) is 19.5 Å². The highest BCUT2D eigenvalue weighted by molar-refractivity contribution is 5.90. The number of nitrogens with zero attached hydrogens (tertiary/aromatic N) is 2. The highest BCUT2D eigenvalue weighted by Gasteiger charge is 2.15. The number of benzene rings is 3. The van der Waals surface area contributed by atoms with Gasteiger partial charge in [0.1, 0.15) is 17.2 Å². The number of aromatic hydroxyl groups is 2. The number of aliphatic imine (C=N–C) groups is 2. The smallest absolute Gasteiger partial charge is 0.127 e. The molecule has 2 N–H and O–H groups in total. The van der Waals surface area contributed by atoms with Crippen LogP contribution < -0.4 is 4.74 Å². The van der Waals surface area contributed by atoms with Crippen molar-refractivity contribution in [1.82, 2.24) is 0 Å². The standard InChI is InChI=1S/C35H46N2O3/c1-21(2)12-25-14-27(34(38)30(16-25)23(5)6)19-36-32-11-10-29(40-9)18-33(32)37-20-28-15-26(13-22(3)4)17-31(24(7)8)35(28)39/h10-11,14-24,38-39H,12-13H2,1-9H3. The van der Waals surface area contributed by atoms with Crippen molar-refractivity contribution in [1.29, 1.82) is 0 Å². The van der Waals surface area contributed by atoms with Gasteiger partial charge in [0.25, 0.3) is 0 Å². The first-order valence-electron chi connectivity index (χ1n) is 14.4. The molecule has 5 nitrogen and oxygen atoms in total. The molecule has 0 atom stereocenters. The minimum atomic E-state index is 0.186. The van der Waals surface area contributed by atoms with Crippen LogP contribution >= 0.6 is 0 Å². The van der Waals surface area contributed by atoms with Crippen molar-refractivity contribution in [3.05, 3.63) is 75.8 Å². The highest BCUT2D eigenvalue weighted by atomic mass is 16.5. The van der Waals surface area contributed by atoms with Gasteiger partial charge in [-0.3, -0.25) is 9.98 Å². The second-order valence-electron chi connectivity index (χ2n) is 12.1. The summed E-state index contributed by atoms with van der Waals surface area (Å²) in [5, 5.41) is 22.1. The van der Waals surface area contributed by atoms with Crippen molar-refractivity contribution in [3.63, 3.8) is 0 Å². The number of hydrogen-bond acceptors (Lipinski definition) is 5. The van der Waals surface area contributed by atoms with Gasteiger partial charge in [-0.15, -0.1) is 0 Å². The maximum absolute atomic E-state index is 11.0. The molecule has 40 heavy (non-hydrogen) atoms. The van der Waals surface area contributed by atoms with Gasteiger partial charge in [0, 0.05) is 29.6 Å². The van der Waals surface area contributed by atoms with Crippen molar-refractivity contribution in [2.24, 2.45) is 21.8 Å². The summed E-state index contributed by atoms with van der Waals surface area (Å²) >= 11 is 0. The molecule has 0 fully saturated rings. The predicted molar refractivity (Wildman–Crippen MR) is 169 cm³/mol. The molecule has 0 spiro atoms. The fourth-order valence-electron chi connectivity index (χ4n) is 4.87. The third-order valence-electron chi connectivity index (χ3n) is 6.86. The molecule has 214 valence electrons. The quantitative estimate of drug-likeness (QED) is 0.237. The number of methoxy groups -OCH3 is 1. The molecular weight excluding hydrogens is 496 g/mol. The Balaban J connectivity index is 2.07. The summed E-state index contributed by atoms with van der Waals surface area (Å²) in [5.74, 6) is 2.56. The van der Waals surface area contributed by atoms with E-state index in [0.717, 1.165) is 24.0 Å². The molecule has 0 unspecified atom stereocenters. The van der Waals surface area contributed by atoms with E-state index >= 15 is 0 Å². The average molecular weight is 543 g/mol. The van der Waals surface area contributed by atoms with Crippen LogP contribution in [0.4, 0.5) is 11.4 Å². The zero-order chi connectivity index (χ0) is 29.6. The van der Waals surface area contributed by atoms with Crippen LogP contribution in [0.2, 0.25) is 0 Å². The summed E-state index contributed by atoms with van der Waals surface area (Å²) in [6.07, 6.45) is 5.27. The molecule has 3 rings (SSSR count). The molecule has 0 saturated heterocycles. The second kappa shape index (κ2) is 13.6. The maximum Gasteiger partial charge on any atom is 0.127 e. The lowest BCUT2D eigenvalue weighted by Crippen LogP contribution is -2.00. The fourth-order valence-corrected chi connectivity index (χ4v) is 4.87. The van der Waals surface area contributed by atoms with Crippen molar-refractivity contribution in [2.45, 2.75) is 80.1 Å². The lowest BCUT2D eigenvalue weighted by atomic mass is 9.93. The average Bonchev–Trinajstić information content (AvgIpc) is 2.88.